The third-order valence-electron chi connectivity index (χ3n) is 4.46. The molecule has 2 heterocycles. The maximum atomic E-state index is 12.6. The second-order valence-corrected chi connectivity index (χ2v) is 9.44. The lowest BCUT2D eigenvalue weighted by Gasteiger charge is -2.08. The van der Waals surface area contributed by atoms with Gasteiger partial charge in [0, 0.05) is 39.3 Å². The molecule has 0 spiro atoms. The third-order valence-corrected chi connectivity index (χ3v) is 6.71. The number of carbonyl (C=O) groups excluding carboxylic acids is 1. The van der Waals surface area contributed by atoms with Crippen LogP contribution in [0.1, 0.15) is 23.7 Å². The number of thiazole rings is 1. The minimum Gasteiger partial charge on any atom is -0.360 e. The van der Waals surface area contributed by atoms with Gasteiger partial charge in [-0.25, -0.2) is 13.4 Å². The van der Waals surface area contributed by atoms with E-state index < -0.39 is 10.0 Å². The van der Waals surface area contributed by atoms with Crippen molar-refractivity contribution < 1.29 is 13.2 Å². The van der Waals surface area contributed by atoms with E-state index in [0.717, 1.165) is 22.2 Å². The highest BCUT2D eigenvalue weighted by Crippen LogP contribution is 2.31. The number of hydrogen-bond acceptors (Lipinski definition) is 5. The van der Waals surface area contributed by atoms with E-state index >= 15 is 0 Å². The molecule has 9 heteroatoms. The largest absolute Gasteiger partial charge is 0.360 e. The molecule has 2 aromatic carbocycles. The lowest BCUT2D eigenvalue weighted by Crippen LogP contribution is -2.17. The maximum Gasteiger partial charge on any atom is 0.257 e. The molecule has 4 aromatic rings. The predicted octanol–water partition coefficient (Wildman–Crippen LogP) is 4.70. The molecule has 0 saturated carbocycles. The van der Waals surface area contributed by atoms with Crippen molar-refractivity contribution in [2.45, 2.75) is 13.3 Å². The zero-order valence-corrected chi connectivity index (χ0v) is 17.8. The molecule has 0 saturated heterocycles. The van der Waals surface area contributed by atoms with E-state index in [1.54, 1.807) is 25.1 Å². The van der Waals surface area contributed by atoms with Crippen LogP contribution in [0.15, 0.2) is 60.1 Å². The van der Waals surface area contributed by atoms with Crippen LogP contribution in [0.5, 0.6) is 0 Å². The van der Waals surface area contributed by atoms with Gasteiger partial charge >= 0.3 is 0 Å². The standard InChI is InChI=1S/C21H20N4O3S2/c1-2-10-30(27,28)25-15-7-5-6-14(11-15)20(26)24-21-23-19(13-29-21)17-12-22-18-9-4-3-8-16(17)18/h3-9,11-13,22,25H,2,10H2,1H3,(H,23,24,26). The number of aromatic nitrogens is 2. The van der Waals surface area contributed by atoms with Gasteiger partial charge in [-0.1, -0.05) is 31.2 Å². The SMILES string of the molecule is CCCS(=O)(=O)Nc1cccc(C(=O)Nc2nc(-c3c[nH]c4ccccc34)cs2)c1. The molecule has 0 fully saturated rings. The number of H-pyrrole nitrogens is 1. The summed E-state index contributed by atoms with van der Waals surface area (Å²) in [5, 5.41) is 6.21. The van der Waals surface area contributed by atoms with E-state index in [-0.39, 0.29) is 11.7 Å². The summed E-state index contributed by atoms with van der Waals surface area (Å²) >= 11 is 1.33. The zero-order valence-electron chi connectivity index (χ0n) is 16.2. The Morgan fingerprint density at radius 1 is 1.17 bits per heavy atom. The first kappa shape index (κ1) is 20.1. The van der Waals surface area contributed by atoms with Crippen LogP contribution in [0.3, 0.4) is 0 Å². The van der Waals surface area contributed by atoms with Gasteiger partial charge in [0.1, 0.15) is 0 Å². The van der Waals surface area contributed by atoms with E-state index in [0.29, 0.717) is 22.8 Å². The number of carbonyl (C=O) groups is 1. The summed E-state index contributed by atoms with van der Waals surface area (Å²) in [6.45, 7) is 1.79. The van der Waals surface area contributed by atoms with E-state index in [2.05, 4.69) is 20.0 Å². The summed E-state index contributed by atoms with van der Waals surface area (Å²) in [4.78, 5) is 20.4. The first-order valence-electron chi connectivity index (χ1n) is 9.39. The van der Waals surface area contributed by atoms with Crippen LogP contribution in [-0.4, -0.2) is 30.0 Å². The number of fused-ring (bicyclic) bond motifs is 1. The van der Waals surface area contributed by atoms with Gasteiger partial charge in [-0.3, -0.25) is 14.8 Å². The molecule has 30 heavy (non-hydrogen) atoms. The van der Waals surface area contributed by atoms with Crippen LogP contribution in [0.4, 0.5) is 10.8 Å². The fourth-order valence-electron chi connectivity index (χ4n) is 3.13. The van der Waals surface area contributed by atoms with Crippen molar-refractivity contribution in [3.8, 4) is 11.3 Å². The van der Waals surface area contributed by atoms with Gasteiger partial charge in [0.05, 0.1) is 11.4 Å². The van der Waals surface area contributed by atoms with Crippen LogP contribution >= 0.6 is 11.3 Å². The van der Waals surface area contributed by atoms with Gasteiger partial charge in [0.2, 0.25) is 10.0 Å². The number of amides is 1. The second kappa shape index (κ2) is 8.29. The Kier molecular flexibility index (Phi) is 5.56. The number of nitrogens with one attached hydrogen (secondary N) is 3. The topological polar surface area (TPSA) is 104 Å². The molecule has 0 unspecified atom stereocenters. The highest BCUT2D eigenvalue weighted by Gasteiger charge is 2.14. The molecule has 3 N–H and O–H groups in total. The van der Waals surface area contributed by atoms with E-state index in [1.165, 1.54) is 17.4 Å². The van der Waals surface area contributed by atoms with Crippen LogP contribution < -0.4 is 10.0 Å². The molecule has 0 aliphatic rings. The average Bonchev–Trinajstić information content (AvgIpc) is 3.34. The predicted molar refractivity (Wildman–Crippen MR) is 122 cm³/mol. The molecule has 154 valence electrons. The Hall–Kier alpha value is -3.17. The Morgan fingerprint density at radius 3 is 2.83 bits per heavy atom. The van der Waals surface area contributed by atoms with Gasteiger partial charge in [-0.2, -0.15) is 0 Å². The molecular formula is C21H20N4O3S2. The number of aromatic amines is 1. The van der Waals surface area contributed by atoms with Gasteiger partial charge in [0.15, 0.2) is 5.13 Å². The minimum absolute atomic E-state index is 0.0269. The van der Waals surface area contributed by atoms with Crippen LogP contribution in [0.25, 0.3) is 22.2 Å². The minimum atomic E-state index is -3.42. The number of rotatable bonds is 7. The van der Waals surface area contributed by atoms with Crippen molar-refractivity contribution in [2.24, 2.45) is 0 Å². The summed E-state index contributed by atoms with van der Waals surface area (Å²) < 4.78 is 26.4. The third kappa shape index (κ3) is 4.37. The summed E-state index contributed by atoms with van der Waals surface area (Å²) in [5.74, 6) is -0.328. The molecule has 2 aromatic heterocycles. The molecule has 0 bridgehead atoms. The van der Waals surface area contributed by atoms with Crippen molar-refractivity contribution in [3.63, 3.8) is 0 Å². The highest BCUT2D eigenvalue weighted by molar-refractivity contribution is 7.92. The number of sulfonamides is 1. The van der Waals surface area contributed by atoms with Gasteiger partial charge in [-0.05, 0) is 30.7 Å². The van der Waals surface area contributed by atoms with E-state index in [1.807, 2.05) is 35.8 Å². The Bertz CT molecular complexity index is 1310. The molecule has 0 aliphatic heterocycles. The lowest BCUT2D eigenvalue weighted by atomic mass is 10.1. The Morgan fingerprint density at radius 2 is 2.00 bits per heavy atom. The highest BCUT2D eigenvalue weighted by atomic mass is 32.2. The number of nitrogens with zero attached hydrogens (tertiary/aromatic N) is 1. The molecule has 0 radical (unpaired) electrons. The average molecular weight is 441 g/mol. The molecule has 1 amide bonds. The normalized spacial score (nSPS) is 11.5. The van der Waals surface area contributed by atoms with Crippen LogP contribution in [0.2, 0.25) is 0 Å². The number of anilines is 2. The molecule has 0 atom stereocenters. The van der Waals surface area contributed by atoms with Gasteiger partial charge in [-0.15, -0.1) is 11.3 Å². The zero-order chi connectivity index (χ0) is 21.1. The van der Waals surface area contributed by atoms with Crippen LogP contribution in [-0.2, 0) is 10.0 Å². The Balaban J connectivity index is 1.51. The van der Waals surface area contributed by atoms with E-state index in [4.69, 9.17) is 0 Å². The lowest BCUT2D eigenvalue weighted by molar-refractivity contribution is 0.102. The maximum absolute atomic E-state index is 12.6. The summed E-state index contributed by atoms with van der Waals surface area (Å²) in [7, 11) is -3.42. The number of hydrogen-bond donors (Lipinski definition) is 3. The van der Waals surface area contributed by atoms with Crippen molar-refractivity contribution >= 4 is 49.0 Å². The second-order valence-electron chi connectivity index (χ2n) is 6.74. The van der Waals surface area contributed by atoms with Crippen molar-refractivity contribution in [3.05, 3.63) is 65.7 Å². The Labute approximate surface area is 178 Å². The fraction of sp³-hybridized carbons (Fsp3) is 0.143. The summed E-state index contributed by atoms with van der Waals surface area (Å²) in [5.41, 5.74) is 3.46. The fourth-order valence-corrected chi connectivity index (χ4v) is 4.96. The number of benzene rings is 2. The van der Waals surface area contributed by atoms with E-state index in [9.17, 15) is 13.2 Å². The monoisotopic (exact) mass is 440 g/mol. The number of para-hydroxylation sites is 1. The van der Waals surface area contributed by atoms with Gasteiger partial charge in [0.25, 0.3) is 5.91 Å². The molecule has 0 aliphatic carbocycles. The summed E-state index contributed by atoms with van der Waals surface area (Å²) in [6, 6.07) is 14.3. The van der Waals surface area contributed by atoms with Crippen LogP contribution in [0, 0.1) is 0 Å². The molecule has 4 rings (SSSR count). The summed E-state index contributed by atoms with van der Waals surface area (Å²) in [6.07, 6.45) is 2.41. The quantitative estimate of drug-likeness (QED) is 0.388. The first-order valence-corrected chi connectivity index (χ1v) is 11.9. The molecule has 7 nitrogen and oxygen atoms in total. The molecular weight excluding hydrogens is 420 g/mol. The van der Waals surface area contributed by atoms with Crippen molar-refractivity contribution in [2.75, 3.05) is 15.8 Å². The smallest absolute Gasteiger partial charge is 0.257 e. The van der Waals surface area contributed by atoms with Crippen molar-refractivity contribution in [1.29, 1.82) is 0 Å². The first-order chi connectivity index (χ1) is 14.4. The van der Waals surface area contributed by atoms with Crippen molar-refractivity contribution in [1.82, 2.24) is 9.97 Å². The van der Waals surface area contributed by atoms with Gasteiger partial charge < -0.3 is 4.98 Å².